The van der Waals surface area contributed by atoms with E-state index in [1.54, 1.807) is 6.20 Å². The molecule has 1 fully saturated rings. The van der Waals surface area contributed by atoms with E-state index in [1.807, 2.05) is 36.4 Å². The maximum atomic E-state index is 13.1. The summed E-state index contributed by atoms with van der Waals surface area (Å²) in [6, 6.07) is 10.9. The number of rotatable bonds is 2. The molecule has 0 spiro atoms. The maximum absolute atomic E-state index is 13.1. The zero-order valence-electron chi connectivity index (χ0n) is 23.2. The second-order valence-corrected chi connectivity index (χ2v) is 12.4. The fourth-order valence-electron chi connectivity index (χ4n) is 5.21. The van der Waals surface area contributed by atoms with Crippen LogP contribution in [-0.4, -0.2) is 16.9 Å². The minimum absolute atomic E-state index is 0.0105. The highest BCUT2D eigenvalue weighted by molar-refractivity contribution is 5.82. The number of hydrogen-bond donors (Lipinski definition) is 1. The summed E-state index contributed by atoms with van der Waals surface area (Å²) in [5, 5.41) is 1.88. The smallest absolute Gasteiger partial charge is 0.240 e. The molecular weight excluding hydrogens is 465 g/mol. The first-order valence-corrected chi connectivity index (χ1v) is 13.2. The maximum Gasteiger partial charge on any atom is 0.240 e. The summed E-state index contributed by atoms with van der Waals surface area (Å²) in [5.74, 6) is 2.51. The molecule has 0 saturated carbocycles. The normalized spacial score (nSPS) is 19.7. The van der Waals surface area contributed by atoms with Gasteiger partial charge >= 0.3 is 0 Å². The van der Waals surface area contributed by atoms with Crippen molar-refractivity contribution in [1.82, 2.24) is 10.4 Å². The van der Waals surface area contributed by atoms with Crippen LogP contribution in [0.25, 0.3) is 11.1 Å². The molecule has 5 nitrogen and oxygen atoms in total. The highest BCUT2D eigenvalue weighted by Crippen LogP contribution is 2.41. The molecule has 1 amide bonds. The van der Waals surface area contributed by atoms with Crippen LogP contribution in [-0.2, 0) is 23.1 Å². The van der Waals surface area contributed by atoms with E-state index < -0.39 is 0 Å². The quantitative estimate of drug-likeness (QED) is 0.399. The third-order valence-electron chi connectivity index (χ3n) is 7.52. The molecule has 2 aliphatic rings. The number of nitrogens with zero attached hydrogens (tertiary/aromatic N) is 2. The Kier molecular flexibility index (Phi) is 7.50. The fourth-order valence-corrected chi connectivity index (χ4v) is 5.21. The minimum atomic E-state index is -0.196. The predicted octanol–water partition coefficient (Wildman–Crippen LogP) is 7.25. The van der Waals surface area contributed by atoms with Gasteiger partial charge in [-0.25, -0.2) is 9.37 Å². The number of halogens is 1. The number of anilines is 1. The van der Waals surface area contributed by atoms with Crippen LogP contribution < -0.4 is 10.4 Å². The first-order chi connectivity index (χ1) is 17.3. The summed E-state index contributed by atoms with van der Waals surface area (Å²) in [6.07, 6.45) is 7.39. The van der Waals surface area contributed by atoms with Gasteiger partial charge in [0.1, 0.15) is 11.6 Å². The van der Waals surface area contributed by atoms with Crippen molar-refractivity contribution >= 4 is 11.7 Å². The molecule has 6 heteroatoms. The van der Waals surface area contributed by atoms with E-state index in [0.29, 0.717) is 17.8 Å². The number of hydrogen-bond acceptors (Lipinski definition) is 4. The zero-order valence-corrected chi connectivity index (χ0v) is 23.2. The van der Waals surface area contributed by atoms with Crippen molar-refractivity contribution in [2.24, 2.45) is 11.3 Å². The number of pyridine rings is 1. The second kappa shape index (κ2) is 10.3. The second-order valence-electron chi connectivity index (χ2n) is 12.4. The third-order valence-corrected chi connectivity index (χ3v) is 7.52. The lowest BCUT2D eigenvalue weighted by molar-refractivity contribution is -0.119. The molecule has 3 heterocycles. The van der Waals surface area contributed by atoms with Gasteiger partial charge in [0, 0.05) is 29.3 Å². The van der Waals surface area contributed by atoms with Crippen LogP contribution in [0.4, 0.5) is 10.2 Å². The summed E-state index contributed by atoms with van der Waals surface area (Å²) >= 11 is 0. The van der Waals surface area contributed by atoms with Crippen LogP contribution in [0.15, 0.2) is 53.3 Å². The topological polar surface area (TPSA) is 58.4 Å². The van der Waals surface area contributed by atoms with Gasteiger partial charge in [-0.05, 0) is 60.3 Å². The van der Waals surface area contributed by atoms with Gasteiger partial charge in [0.15, 0.2) is 5.82 Å². The molecule has 1 N–H and O–H groups in total. The van der Waals surface area contributed by atoms with Gasteiger partial charge in [-0.3, -0.25) is 15.2 Å². The summed E-state index contributed by atoms with van der Waals surface area (Å²) in [7, 11) is 0. The Morgan fingerprint density at radius 3 is 2.35 bits per heavy atom. The molecule has 5 rings (SSSR count). The van der Waals surface area contributed by atoms with Gasteiger partial charge in [-0.2, -0.15) is 0 Å². The largest absolute Gasteiger partial charge is 0.468 e. The van der Waals surface area contributed by atoms with E-state index in [2.05, 4.69) is 58.0 Å². The number of carbonyl (C=O) groups is 1. The molecule has 2 atom stereocenters. The molecule has 1 saturated heterocycles. The molecule has 3 aromatic rings. The van der Waals surface area contributed by atoms with E-state index in [4.69, 9.17) is 4.42 Å². The molecule has 1 aliphatic carbocycles. The molecule has 198 valence electrons. The number of furan rings is 1. The Morgan fingerprint density at radius 1 is 1.05 bits per heavy atom. The molecule has 2 aromatic heterocycles. The van der Waals surface area contributed by atoms with Crippen molar-refractivity contribution in [3.8, 4) is 11.1 Å². The molecule has 37 heavy (non-hydrogen) atoms. The van der Waals surface area contributed by atoms with Crippen LogP contribution in [0.3, 0.4) is 0 Å². The number of amides is 1. The highest BCUT2D eigenvalue weighted by atomic mass is 19.1. The molecule has 1 aromatic carbocycles. The number of aromatic nitrogens is 1. The van der Waals surface area contributed by atoms with Crippen LogP contribution in [0.2, 0.25) is 0 Å². The molecule has 2 unspecified atom stereocenters. The minimum Gasteiger partial charge on any atom is -0.468 e. The van der Waals surface area contributed by atoms with Crippen molar-refractivity contribution < 1.29 is 13.6 Å². The first kappa shape index (κ1) is 26.9. The lowest BCUT2D eigenvalue weighted by atomic mass is 9.71. The first-order valence-electron chi connectivity index (χ1n) is 13.2. The Balaban J connectivity index is 0.000000176. The number of nitrogens with one attached hydrogen (secondary N) is 1. The van der Waals surface area contributed by atoms with E-state index in [-0.39, 0.29) is 23.2 Å². The Labute approximate surface area is 220 Å². The molecule has 0 radical (unpaired) electrons. The van der Waals surface area contributed by atoms with Gasteiger partial charge in [-0.15, -0.1) is 0 Å². The predicted molar refractivity (Wildman–Crippen MR) is 147 cm³/mol. The number of carbonyl (C=O) groups excluding carboxylic acids is 1. The van der Waals surface area contributed by atoms with Gasteiger partial charge in [0.25, 0.3) is 0 Å². The summed E-state index contributed by atoms with van der Waals surface area (Å²) in [5.41, 5.74) is 7.84. The zero-order chi connectivity index (χ0) is 27.0. The fraction of sp³-hybridized carbons (Fsp3) is 0.484. The van der Waals surface area contributed by atoms with Crippen molar-refractivity contribution in [3.63, 3.8) is 0 Å². The summed E-state index contributed by atoms with van der Waals surface area (Å²) < 4.78 is 18.8. The van der Waals surface area contributed by atoms with Gasteiger partial charge in [0.2, 0.25) is 5.91 Å². The molecular formula is C31H40FN3O2. The third kappa shape index (κ3) is 6.06. The molecule has 0 bridgehead atoms. The van der Waals surface area contributed by atoms with Gasteiger partial charge in [-0.1, -0.05) is 59.7 Å². The summed E-state index contributed by atoms with van der Waals surface area (Å²) in [4.78, 5) is 15.8. The Bertz CT molecular complexity index is 1230. The van der Waals surface area contributed by atoms with E-state index in [1.165, 1.54) is 24.1 Å². The lowest BCUT2D eigenvalue weighted by Crippen LogP contribution is -2.39. The Morgan fingerprint density at radius 2 is 1.76 bits per heavy atom. The average molecular weight is 506 g/mol. The summed E-state index contributed by atoms with van der Waals surface area (Å²) in [6.45, 7) is 15.4. The van der Waals surface area contributed by atoms with Crippen LogP contribution in [0.5, 0.6) is 0 Å². The SMILES string of the molecule is CC(C)(C)C1CCc2occ(-c3ccc(F)cc3)c2C1.CC1CC(=O)NN1c1ncccc1C(C)(C)C. The number of hydrazine groups is 1. The van der Waals surface area contributed by atoms with E-state index in [9.17, 15) is 9.18 Å². The van der Waals surface area contributed by atoms with E-state index >= 15 is 0 Å². The van der Waals surface area contributed by atoms with E-state index in [0.717, 1.165) is 41.1 Å². The number of benzene rings is 1. The van der Waals surface area contributed by atoms with Gasteiger partial charge in [0.05, 0.1) is 18.7 Å². The Hall–Kier alpha value is -3.15. The standard InChI is InChI=1S/C18H21FO.C13H19N3O/c1-18(2,3)13-6-9-17-15(10-13)16(11-20-17)12-4-7-14(19)8-5-12;1-9-8-11(17)15-16(9)12-10(13(2,3)4)6-5-7-14-12/h4-5,7-8,11,13H,6,9-10H2,1-3H3;5-7,9H,8H2,1-4H3,(H,15,17). The van der Waals surface area contributed by atoms with Crippen molar-refractivity contribution in [1.29, 1.82) is 0 Å². The number of aryl methyl sites for hydroxylation is 1. The number of fused-ring (bicyclic) bond motifs is 1. The van der Waals surface area contributed by atoms with Gasteiger partial charge < -0.3 is 4.42 Å². The van der Waals surface area contributed by atoms with Crippen molar-refractivity contribution in [2.75, 3.05) is 5.01 Å². The van der Waals surface area contributed by atoms with Crippen LogP contribution >= 0.6 is 0 Å². The van der Waals surface area contributed by atoms with Crippen molar-refractivity contribution in [2.45, 2.75) is 85.6 Å². The highest BCUT2D eigenvalue weighted by Gasteiger charge is 2.33. The van der Waals surface area contributed by atoms with Crippen LogP contribution in [0.1, 0.15) is 78.2 Å². The monoisotopic (exact) mass is 505 g/mol. The van der Waals surface area contributed by atoms with Crippen molar-refractivity contribution in [3.05, 3.63) is 71.6 Å². The van der Waals surface area contributed by atoms with Crippen LogP contribution in [0, 0.1) is 17.2 Å². The molecule has 1 aliphatic heterocycles. The average Bonchev–Trinajstić information content (AvgIpc) is 3.41. The lowest BCUT2D eigenvalue weighted by Gasteiger charge is -2.33.